The van der Waals surface area contributed by atoms with Crippen molar-refractivity contribution < 1.29 is 23.0 Å². The molecule has 0 aromatic heterocycles. The summed E-state index contributed by atoms with van der Waals surface area (Å²) in [5.74, 6) is -1.98. The fourth-order valence-corrected chi connectivity index (χ4v) is 1.95. The van der Waals surface area contributed by atoms with Crippen molar-refractivity contribution in [3.05, 3.63) is 65.0 Å². The summed E-state index contributed by atoms with van der Waals surface area (Å²) < 4.78 is 44.4. The number of hydrogen-bond acceptors (Lipinski definition) is 2. The van der Waals surface area contributed by atoms with Crippen molar-refractivity contribution in [1.29, 1.82) is 0 Å². The minimum Gasteiger partial charge on any atom is -0.494 e. The molecule has 2 rings (SSSR count). The van der Waals surface area contributed by atoms with Gasteiger partial charge in [0.2, 0.25) is 0 Å². The molecule has 106 valence electrons. The Balaban J connectivity index is 2.18. The average Bonchev–Trinajstić information content (AvgIpc) is 2.37. The van der Waals surface area contributed by atoms with Crippen molar-refractivity contribution in [3.63, 3.8) is 0 Å². The van der Waals surface area contributed by atoms with Crippen molar-refractivity contribution in [2.24, 2.45) is 0 Å². The quantitative estimate of drug-likeness (QED) is 0.931. The van der Waals surface area contributed by atoms with E-state index in [-0.39, 0.29) is 17.7 Å². The Morgan fingerprint density at radius 3 is 2.25 bits per heavy atom. The molecule has 0 aliphatic carbocycles. The van der Waals surface area contributed by atoms with Crippen LogP contribution < -0.4 is 4.74 Å². The molecule has 2 nitrogen and oxygen atoms in total. The second-order valence-corrected chi connectivity index (χ2v) is 4.39. The molecule has 1 atom stereocenters. The molecule has 2 aromatic carbocycles. The molecule has 0 amide bonds. The van der Waals surface area contributed by atoms with E-state index < -0.39 is 23.6 Å². The Bertz CT molecular complexity index is 594. The van der Waals surface area contributed by atoms with Gasteiger partial charge in [-0.2, -0.15) is 0 Å². The van der Waals surface area contributed by atoms with Crippen molar-refractivity contribution >= 4 is 0 Å². The van der Waals surface area contributed by atoms with Crippen LogP contribution in [-0.2, 0) is 6.42 Å². The minimum atomic E-state index is -1.12. The smallest absolute Gasteiger partial charge is 0.165 e. The molecular formula is C15H13F3O2. The van der Waals surface area contributed by atoms with Crippen LogP contribution in [0.4, 0.5) is 13.2 Å². The van der Waals surface area contributed by atoms with E-state index in [1.54, 1.807) is 6.07 Å². The maximum absolute atomic E-state index is 13.5. The predicted molar refractivity (Wildman–Crippen MR) is 68.0 cm³/mol. The Labute approximate surface area is 114 Å². The number of halogens is 3. The van der Waals surface area contributed by atoms with Gasteiger partial charge in [0.25, 0.3) is 0 Å². The molecule has 0 aliphatic heterocycles. The molecule has 0 heterocycles. The summed E-state index contributed by atoms with van der Waals surface area (Å²) in [6, 6.07) is 7.06. The van der Waals surface area contributed by atoms with E-state index >= 15 is 0 Å². The summed E-state index contributed by atoms with van der Waals surface area (Å²) in [7, 11) is 1.35. The van der Waals surface area contributed by atoms with Crippen molar-refractivity contribution in [2.45, 2.75) is 12.5 Å². The lowest BCUT2D eigenvalue weighted by Gasteiger charge is -2.12. The molecular weight excluding hydrogens is 269 g/mol. The lowest BCUT2D eigenvalue weighted by molar-refractivity contribution is 0.177. The van der Waals surface area contributed by atoms with E-state index in [0.29, 0.717) is 5.56 Å². The van der Waals surface area contributed by atoms with E-state index in [0.717, 1.165) is 18.2 Å². The first-order valence-corrected chi connectivity index (χ1v) is 5.96. The average molecular weight is 282 g/mol. The molecule has 0 saturated heterocycles. The summed E-state index contributed by atoms with van der Waals surface area (Å²) in [5.41, 5.74) is 0.610. The third kappa shape index (κ3) is 3.30. The summed E-state index contributed by atoms with van der Waals surface area (Å²) in [6.45, 7) is 0. The van der Waals surface area contributed by atoms with E-state index in [1.807, 2.05) is 0 Å². The Morgan fingerprint density at radius 1 is 1.05 bits per heavy atom. The fourth-order valence-electron chi connectivity index (χ4n) is 1.95. The van der Waals surface area contributed by atoms with Crippen LogP contribution in [0.3, 0.4) is 0 Å². The third-order valence-corrected chi connectivity index (χ3v) is 2.91. The maximum Gasteiger partial charge on any atom is 0.165 e. The zero-order valence-electron chi connectivity index (χ0n) is 10.7. The highest BCUT2D eigenvalue weighted by atomic mass is 19.1. The largest absolute Gasteiger partial charge is 0.494 e. The van der Waals surface area contributed by atoms with Gasteiger partial charge in [-0.25, -0.2) is 13.2 Å². The Morgan fingerprint density at radius 2 is 1.70 bits per heavy atom. The molecule has 1 unspecified atom stereocenters. The maximum atomic E-state index is 13.5. The molecule has 0 fully saturated rings. The lowest BCUT2D eigenvalue weighted by atomic mass is 10.0. The monoisotopic (exact) mass is 282 g/mol. The van der Waals surface area contributed by atoms with Gasteiger partial charge in [0, 0.05) is 12.5 Å². The topological polar surface area (TPSA) is 29.5 Å². The number of methoxy groups -OCH3 is 1. The van der Waals surface area contributed by atoms with Crippen LogP contribution in [0.2, 0.25) is 0 Å². The third-order valence-electron chi connectivity index (χ3n) is 2.91. The van der Waals surface area contributed by atoms with Gasteiger partial charge in [0.05, 0.1) is 13.2 Å². The first kappa shape index (κ1) is 14.4. The van der Waals surface area contributed by atoms with Gasteiger partial charge in [-0.1, -0.05) is 6.07 Å². The van der Waals surface area contributed by atoms with Gasteiger partial charge in [-0.05, 0) is 35.4 Å². The van der Waals surface area contributed by atoms with Crippen LogP contribution in [0, 0.1) is 17.5 Å². The zero-order chi connectivity index (χ0) is 14.7. The fraction of sp³-hybridized carbons (Fsp3) is 0.200. The highest BCUT2D eigenvalue weighted by Gasteiger charge is 2.13. The van der Waals surface area contributed by atoms with E-state index in [2.05, 4.69) is 0 Å². The van der Waals surface area contributed by atoms with Crippen LogP contribution >= 0.6 is 0 Å². The molecule has 2 aromatic rings. The standard InChI is InChI=1S/C15H13F3O2/c1-20-15-3-2-9(4-13(15)18)5-14(19)10-6-11(16)8-12(17)7-10/h2-4,6-8,14,19H,5H2,1H3. The molecule has 1 N–H and O–H groups in total. The molecule has 0 aliphatic rings. The summed E-state index contributed by atoms with van der Waals surface area (Å²) in [5, 5.41) is 9.95. The van der Waals surface area contributed by atoms with Crippen LogP contribution in [-0.4, -0.2) is 12.2 Å². The molecule has 5 heteroatoms. The second kappa shape index (κ2) is 5.96. The number of hydrogen-bond donors (Lipinski definition) is 1. The molecule has 20 heavy (non-hydrogen) atoms. The van der Waals surface area contributed by atoms with Gasteiger partial charge >= 0.3 is 0 Å². The van der Waals surface area contributed by atoms with E-state index in [1.165, 1.54) is 19.2 Å². The van der Waals surface area contributed by atoms with Crippen LogP contribution in [0.25, 0.3) is 0 Å². The van der Waals surface area contributed by atoms with Crippen molar-refractivity contribution in [2.75, 3.05) is 7.11 Å². The van der Waals surface area contributed by atoms with Gasteiger partial charge in [-0.3, -0.25) is 0 Å². The normalized spacial score (nSPS) is 12.2. The van der Waals surface area contributed by atoms with Gasteiger partial charge < -0.3 is 9.84 Å². The molecule has 0 bridgehead atoms. The number of ether oxygens (including phenoxy) is 1. The molecule has 0 spiro atoms. The number of aliphatic hydroxyl groups is 1. The number of aliphatic hydroxyl groups excluding tert-OH is 1. The Hall–Kier alpha value is -2.01. The van der Waals surface area contributed by atoms with Crippen molar-refractivity contribution in [1.82, 2.24) is 0 Å². The van der Waals surface area contributed by atoms with E-state index in [9.17, 15) is 18.3 Å². The number of benzene rings is 2. The SMILES string of the molecule is COc1ccc(CC(O)c2cc(F)cc(F)c2)cc1F. The Kier molecular flexibility index (Phi) is 4.29. The summed E-state index contributed by atoms with van der Waals surface area (Å²) >= 11 is 0. The van der Waals surface area contributed by atoms with Crippen LogP contribution in [0.15, 0.2) is 36.4 Å². The van der Waals surface area contributed by atoms with Crippen LogP contribution in [0.5, 0.6) is 5.75 Å². The second-order valence-electron chi connectivity index (χ2n) is 4.39. The van der Waals surface area contributed by atoms with E-state index in [4.69, 9.17) is 4.74 Å². The van der Waals surface area contributed by atoms with Crippen LogP contribution in [0.1, 0.15) is 17.2 Å². The highest BCUT2D eigenvalue weighted by Crippen LogP contribution is 2.23. The summed E-state index contributed by atoms with van der Waals surface area (Å²) in [4.78, 5) is 0. The van der Waals surface area contributed by atoms with Gasteiger partial charge in [0.1, 0.15) is 11.6 Å². The highest BCUT2D eigenvalue weighted by molar-refractivity contribution is 5.31. The number of rotatable bonds is 4. The zero-order valence-corrected chi connectivity index (χ0v) is 10.7. The van der Waals surface area contributed by atoms with Gasteiger partial charge in [0.15, 0.2) is 11.6 Å². The van der Waals surface area contributed by atoms with Crippen molar-refractivity contribution in [3.8, 4) is 5.75 Å². The molecule has 0 radical (unpaired) electrons. The minimum absolute atomic E-state index is 0.0454. The van der Waals surface area contributed by atoms with Gasteiger partial charge in [-0.15, -0.1) is 0 Å². The molecule has 0 saturated carbocycles. The first-order chi connectivity index (χ1) is 9.49. The summed E-state index contributed by atoms with van der Waals surface area (Å²) in [6.07, 6.45) is -1.07. The lowest BCUT2D eigenvalue weighted by Crippen LogP contribution is -2.03. The first-order valence-electron chi connectivity index (χ1n) is 5.96. The predicted octanol–water partition coefficient (Wildman–Crippen LogP) is 3.39.